The molecule has 0 saturated heterocycles. The van der Waals surface area contributed by atoms with E-state index in [2.05, 4.69) is 36.7 Å². The normalized spacial score (nSPS) is 11.2. The van der Waals surface area contributed by atoms with Crippen LogP contribution in [0.25, 0.3) is 17.1 Å². The van der Waals surface area contributed by atoms with Gasteiger partial charge in [-0.05, 0) is 61.5 Å². The fourth-order valence-electron chi connectivity index (χ4n) is 3.03. The molecule has 0 fully saturated rings. The van der Waals surface area contributed by atoms with E-state index >= 15 is 0 Å². The smallest absolute Gasteiger partial charge is 0.250 e. The van der Waals surface area contributed by atoms with Crippen LogP contribution in [0.15, 0.2) is 81.5 Å². The number of rotatable bonds is 7. The Kier molecular flexibility index (Phi) is 7.77. The van der Waals surface area contributed by atoms with E-state index in [1.807, 2.05) is 47.9 Å². The molecule has 0 atom stereocenters. The maximum atomic E-state index is 13.8. The third-order valence-corrected chi connectivity index (χ3v) is 6.39. The second-order valence-corrected chi connectivity index (χ2v) is 9.53. The molecule has 1 amide bonds. The van der Waals surface area contributed by atoms with E-state index in [9.17, 15) is 9.18 Å². The number of carbonyl (C=O) groups excluding carboxylic acids is 1. The highest BCUT2D eigenvalue weighted by Gasteiger charge is 2.17. The van der Waals surface area contributed by atoms with E-state index in [1.165, 1.54) is 24.0 Å². The summed E-state index contributed by atoms with van der Waals surface area (Å²) in [7, 11) is 0. The van der Waals surface area contributed by atoms with Gasteiger partial charge in [0.15, 0.2) is 11.0 Å². The van der Waals surface area contributed by atoms with Gasteiger partial charge >= 0.3 is 0 Å². The van der Waals surface area contributed by atoms with Crippen molar-refractivity contribution in [3.63, 3.8) is 0 Å². The number of aryl methyl sites for hydroxylation is 1. The highest BCUT2D eigenvalue weighted by molar-refractivity contribution is 9.10. The molecule has 0 spiro atoms. The number of thioether (sulfide) groups is 1. The quantitative estimate of drug-likeness (QED) is 0.171. The molecule has 172 valence electrons. The SMILES string of the molecule is Cc1ccc(-n2c(SCC(=O)NN=Cc3cc(Br)ccc3F)nnc2-c2ccc(Cl)cc2)cc1. The number of aromatic nitrogens is 3. The van der Waals surface area contributed by atoms with E-state index in [0.29, 0.717) is 20.5 Å². The van der Waals surface area contributed by atoms with Gasteiger partial charge in [0, 0.05) is 26.3 Å². The van der Waals surface area contributed by atoms with Crippen molar-refractivity contribution < 1.29 is 9.18 Å². The highest BCUT2D eigenvalue weighted by Crippen LogP contribution is 2.28. The van der Waals surface area contributed by atoms with Gasteiger partial charge in [-0.25, -0.2) is 9.82 Å². The van der Waals surface area contributed by atoms with Crippen LogP contribution < -0.4 is 5.43 Å². The zero-order valence-electron chi connectivity index (χ0n) is 17.9. The molecule has 0 aliphatic rings. The third-order valence-electron chi connectivity index (χ3n) is 4.71. The minimum absolute atomic E-state index is 0.0446. The second kappa shape index (κ2) is 10.9. The first-order valence-electron chi connectivity index (χ1n) is 10.1. The van der Waals surface area contributed by atoms with Crippen LogP contribution in [0.5, 0.6) is 0 Å². The molecule has 6 nitrogen and oxygen atoms in total. The number of hydrazone groups is 1. The Balaban J connectivity index is 1.51. The lowest BCUT2D eigenvalue weighted by Crippen LogP contribution is -2.20. The molecule has 3 aromatic carbocycles. The fraction of sp³-hybridized carbons (Fsp3) is 0.0833. The maximum absolute atomic E-state index is 13.8. The lowest BCUT2D eigenvalue weighted by molar-refractivity contribution is -0.118. The summed E-state index contributed by atoms with van der Waals surface area (Å²) in [5.74, 6) is -0.116. The highest BCUT2D eigenvalue weighted by atomic mass is 79.9. The summed E-state index contributed by atoms with van der Waals surface area (Å²) in [6, 6.07) is 19.7. The standard InChI is InChI=1S/C24H18BrClFN5OS/c1-15-2-9-20(10-3-15)32-23(16-4-7-19(26)8-5-16)30-31-24(32)34-14-22(33)29-28-13-17-12-18(25)6-11-21(17)27/h2-13H,14H2,1H3,(H,29,33). The number of hydrogen-bond acceptors (Lipinski definition) is 5. The summed E-state index contributed by atoms with van der Waals surface area (Å²) < 4.78 is 16.4. The van der Waals surface area contributed by atoms with Crippen LogP contribution >= 0.6 is 39.3 Å². The number of carbonyl (C=O) groups is 1. The van der Waals surface area contributed by atoms with Crippen LogP contribution in [0.1, 0.15) is 11.1 Å². The summed E-state index contributed by atoms with van der Waals surface area (Å²) >= 11 is 10.5. The average Bonchev–Trinajstić information content (AvgIpc) is 3.25. The summed E-state index contributed by atoms with van der Waals surface area (Å²) in [6.45, 7) is 2.01. The van der Waals surface area contributed by atoms with Crippen molar-refractivity contribution >= 4 is 51.4 Å². The number of halogens is 3. The molecule has 0 unspecified atom stereocenters. The zero-order valence-corrected chi connectivity index (χ0v) is 21.0. The van der Waals surface area contributed by atoms with Gasteiger partial charge in [0.1, 0.15) is 5.82 Å². The van der Waals surface area contributed by atoms with Gasteiger partial charge in [0.25, 0.3) is 5.91 Å². The Bertz CT molecular complexity index is 1340. The van der Waals surface area contributed by atoms with Crippen molar-refractivity contribution in [3.05, 3.63) is 93.2 Å². The predicted octanol–water partition coefficient (Wildman–Crippen LogP) is 6.04. The molecule has 1 heterocycles. The van der Waals surface area contributed by atoms with Gasteiger partial charge < -0.3 is 0 Å². The average molecular weight is 559 g/mol. The van der Waals surface area contributed by atoms with Crippen LogP contribution in [-0.2, 0) is 4.79 Å². The number of amides is 1. The molecule has 0 bridgehead atoms. The predicted molar refractivity (Wildman–Crippen MR) is 137 cm³/mol. The van der Waals surface area contributed by atoms with E-state index in [1.54, 1.807) is 24.3 Å². The third kappa shape index (κ3) is 5.91. The lowest BCUT2D eigenvalue weighted by atomic mass is 10.2. The van der Waals surface area contributed by atoms with Crippen LogP contribution in [0.4, 0.5) is 4.39 Å². The van der Waals surface area contributed by atoms with E-state index in [0.717, 1.165) is 16.8 Å². The topological polar surface area (TPSA) is 72.2 Å². The molecule has 1 N–H and O–H groups in total. The first-order valence-corrected chi connectivity index (χ1v) is 12.2. The molecule has 0 aliphatic heterocycles. The molecular weight excluding hydrogens is 541 g/mol. The van der Waals surface area contributed by atoms with Gasteiger partial charge in [-0.2, -0.15) is 5.10 Å². The summed E-state index contributed by atoms with van der Waals surface area (Å²) in [6.07, 6.45) is 1.26. The van der Waals surface area contributed by atoms with Crippen molar-refractivity contribution in [1.29, 1.82) is 0 Å². The molecule has 10 heteroatoms. The van der Waals surface area contributed by atoms with Crippen LogP contribution in [0, 0.1) is 12.7 Å². The van der Waals surface area contributed by atoms with Crippen LogP contribution in [-0.4, -0.2) is 32.6 Å². The maximum Gasteiger partial charge on any atom is 0.250 e. The molecule has 0 radical (unpaired) electrons. The number of nitrogens with zero attached hydrogens (tertiary/aromatic N) is 4. The van der Waals surface area contributed by atoms with Crippen molar-refractivity contribution in [2.75, 3.05) is 5.75 Å². The molecule has 4 aromatic rings. The first-order chi connectivity index (χ1) is 16.4. The molecule has 1 aromatic heterocycles. The molecule has 4 rings (SSSR count). The largest absolute Gasteiger partial charge is 0.272 e. The molecular formula is C24H18BrClFN5OS. The number of hydrogen-bond donors (Lipinski definition) is 1. The Hall–Kier alpha value is -3.01. The molecule has 0 saturated carbocycles. The van der Waals surface area contributed by atoms with Crippen LogP contribution in [0.2, 0.25) is 5.02 Å². The zero-order chi connectivity index (χ0) is 24.1. The molecule has 0 aliphatic carbocycles. The monoisotopic (exact) mass is 557 g/mol. The summed E-state index contributed by atoms with van der Waals surface area (Å²) in [4.78, 5) is 12.3. The summed E-state index contributed by atoms with van der Waals surface area (Å²) in [5.41, 5.74) is 5.51. The van der Waals surface area contributed by atoms with Gasteiger partial charge in [-0.3, -0.25) is 9.36 Å². The van der Waals surface area contributed by atoms with Crippen LogP contribution in [0.3, 0.4) is 0 Å². The Morgan fingerprint density at radius 2 is 1.88 bits per heavy atom. The number of benzene rings is 3. The van der Waals surface area contributed by atoms with Crippen molar-refractivity contribution in [3.8, 4) is 17.1 Å². The Morgan fingerprint density at radius 3 is 2.62 bits per heavy atom. The minimum atomic E-state index is -0.434. The summed E-state index contributed by atoms with van der Waals surface area (Å²) in [5, 5.41) is 13.7. The van der Waals surface area contributed by atoms with Crippen molar-refractivity contribution in [1.82, 2.24) is 20.2 Å². The van der Waals surface area contributed by atoms with Gasteiger partial charge in [0.05, 0.1) is 12.0 Å². The Morgan fingerprint density at radius 1 is 1.15 bits per heavy atom. The minimum Gasteiger partial charge on any atom is -0.272 e. The van der Waals surface area contributed by atoms with E-state index in [-0.39, 0.29) is 17.2 Å². The van der Waals surface area contributed by atoms with Crippen molar-refractivity contribution in [2.45, 2.75) is 12.1 Å². The lowest BCUT2D eigenvalue weighted by Gasteiger charge is -2.10. The van der Waals surface area contributed by atoms with Crippen molar-refractivity contribution in [2.24, 2.45) is 5.10 Å². The number of nitrogens with one attached hydrogen (secondary N) is 1. The second-order valence-electron chi connectivity index (χ2n) is 7.23. The fourth-order valence-corrected chi connectivity index (χ4v) is 4.27. The van der Waals surface area contributed by atoms with E-state index in [4.69, 9.17) is 11.6 Å². The first kappa shape index (κ1) is 24.1. The van der Waals surface area contributed by atoms with Gasteiger partial charge in [-0.1, -0.05) is 57.0 Å². The Labute approximate surface area is 213 Å². The van der Waals surface area contributed by atoms with Gasteiger partial charge in [0.2, 0.25) is 0 Å². The molecule has 34 heavy (non-hydrogen) atoms. The van der Waals surface area contributed by atoms with E-state index < -0.39 is 5.82 Å². The van der Waals surface area contributed by atoms with Gasteiger partial charge in [-0.15, -0.1) is 10.2 Å².